The summed E-state index contributed by atoms with van der Waals surface area (Å²) in [6.07, 6.45) is 0.922. The first kappa shape index (κ1) is 14.2. The predicted molar refractivity (Wildman–Crippen MR) is 73.7 cm³/mol. The third kappa shape index (κ3) is 2.70. The molecule has 100 valence electrons. The Bertz CT molecular complexity index is 423. The van der Waals surface area contributed by atoms with Crippen molar-refractivity contribution in [3.05, 3.63) is 28.3 Å². The number of nitrogens with two attached hydrogens (primary N) is 1. The van der Waals surface area contributed by atoms with Crippen LogP contribution in [-0.2, 0) is 0 Å². The van der Waals surface area contributed by atoms with Gasteiger partial charge in [0.15, 0.2) is 0 Å². The van der Waals surface area contributed by atoms with E-state index in [2.05, 4.69) is 19.3 Å². The lowest BCUT2D eigenvalue weighted by atomic mass is 10.1. The van der Waals surface area contributed by atoms with Crippen LogP contribution in [0.15, 0.2) is 18.2 Å². The number of nitro groups is 1. The van der Waals surface area contributed by atoms with Gasteiger partial charge in [0, 0.05) is 12.6 Å². The molecule has 0 heterocycles. The van der Waals surface area contributed by atoms with Crippen LogP contribution in [-0.4, -0.2) is 17.5 Å². The first-order valence-corrected chi connectivity index (χ1v) is 6.07. The van der Waals surface area contributed by atoms with Gasteiger partial charge >= 0.3 is 5.69 Å². The quantitative estimate of drug-likeness (QED) is 0.461. The summed E-state index contributed by atoms with van der Waals surface area (Å²) in [5.41, 5.74) is 3.35. The molecular weight excluding hydrogens is 232 g/mol. The van der Waals surface area contributed by atoms with Crippen LogP contribution < -0.4 is 16.2 Å². The van der Waals surface area contributed by atoms with Crippen molar-refractivity contribution in [2.45, 2.75) is 33.2 Å². The minimum absolute atomic E-state index is 0.0298. The van der Waals surface area contributed by atoms with Gasteiger partial charge in [0.1, 0.15) is 11.4 Å². The third-order valence-corrected chi connectivity index (χ3v) is 3.13. The lowest BCUT2D eigenvalue weighted by Crippen LogP contribution is -2.33. The average Bonchev–Trinajstić information content (AvgIpc) is 2.38. The molecule has 0 aliphatic heterocycles. The molecule has 0 aliphatic rings. The number of anilines is 2. The molecule has 0 fully saturated rings. The minimum Gasteiger partial charge on any atom is -0.364 e. The highest BCUT2D eigenvalue weighted by atomic mass is 16.6. The normalized spacial score (nSPS) is 12.0. The summed E-state index contributed by atoms with van der Waals surface area (Å²) in [6.45, 7) is 6.81. The van der Waals surface area contributed by atoms with Gasteiger partial charge in [-0.2, -0.15) is 0 Å². The first-order chi connectivity index (χ1) is 8.56. The van der Waals surface area contributed by atoms with Crippen LogP contribution in [0.3, 0.4) is 0 Å². The monoisotopic (exact) mass is 252 g/mol. The molecular formula is C12H20N4O2. The molecule has 1 atom stereocenters. The zero-order valence-corrected chi connectivity index (χ0v) is 11.0. The Kier molecular flexibility index (Phi) is 4.91. The Morgan fingerprint density at radius 2 is 2.17 bits per heavy atom. The van der Waals surface area contributed by atoms with Gasteiger partial charge in [-0.1, -0.05) is 13.0 Å². The van der Waals surface area contributed by atoms with E-state index in [1.54, 1.807) is 18.2 Å². The van der Waals surface area contributed by atoms with Gasteiger partial charge in [-0.05, 0) is 32.4 Å². The number of benzene rings is 1. The van der Waals surface area contributed by atoms with Crippen molar-refractivity contribution in [1.29, 1.82) is 0 Å². The highest BCUT2D eigenvalue weighted by Crippen LogP contribution is 2.36. The van der Waals surface area contributed by atoms with Crippen LogP contribution >= 0.6 is 0 Å². The molecule has 6 heteroatoms. The molecule has 0 bridgehead atoms. The molecule has 18 heavy (non-hydrogen) atoms. The van der Waals surface area contributed by atoms with Crippen molar-refractivity contribution in [3.8, 4) is 0 Å². The van der Waals surface area contributed by atoms with E-state index in [0.717, 1.165) is 6.42 Å². The number of nitro benzene ring substituents is 1. The second-order valence-corrected chi connectivity index (χ2v) is 4.12. The first-order valence-electron chi connectivity index (χ1n) is 6.07. The predicted octanol–water partition coefficient (Wildman–Crippen LogP) is 2.51. The summed E-state index contributed by atoms with van der Waals surface area (Å²) in [7, 11) is 0. The zero-order valence-electron chi connectivity index (χ0n) is 11.0. The van der Waals surface area contributed by atoms with Crippen molar-refractivity contribution in [1.82, 2.24) is 0 Å². The van der Waals surface area contributed by atoms with Crippen LogP contribution in [0.1, 0.15) is 27.2 Å². The van der Waals surface area contributed by atoms with Crippen LogP contribution in [0.4, 0.5) is 17.1 Å². The Hall–Kier alpha value is -1.82. The van der Waals surface area contributed by atoms with E-state index in [-0.39, 0.29) is 11.7 Å². The Morgan fingerprint density at radius 3 is 2.61 bits per heavy atom. The van der Waals surface area contributed by atoms with E-state index in [9.17, 15) is 10.1 Å². The van der Waals surface area contributed by atoms with Gasteiger partial charge in [0.25, 0.3) is 0 Å². The second kappa shape index (κ2) is 6.20. The SMILES string of the molecule is CCC(C)N(CC)c1cccc(NN)c1[N+](=O)[O-]. The molecule has 1 aromatic rings. The maximum atomic E-state index is 11.2. The van der Waals surface area contributed by atoms with Crippen molar-refractivity contribution in [2.24, 2.45) is 5.84 Å². The zero-order chi connectivity index (χ0) is 13.7. The average molecular weight is 252 g/mol. The largest absolute Gasteiger partial charge is 0.364 e. The van der Waals surface area contributed by atoms with E-state index >= 15 is 0 Å². The highest BCUT2D eigenvalue weighted by molar-refractivity contribution is 5.76. The molecule has 1 unspecified atom stereocenters. The van der Waals surface area contributed by atoms with E-state index in [1.165, 1.54) is 0 Å². The molecule has 0 saturated heterocycles. The van der Waals surface area contributed by atoms with Crippen LogP contribution in [0.5, 0.6) is 0 Å². The fraction of sp³-hybridized carbons (Fsp3) is 0.500. The number of hydrogen-bond acceptors (Lipinski definition) is 5. The van der Waals surface area contributed by atoms with Gasteiger partial charge < -0.3 is 10.3 Å². The van der Waals surface area contributed by atoms with Crippen LogP contribution in [0.25, 0.3) is 0 Å². The number of nitrogens with zero attached hydrogens (tertiary/aromatic N) is 2. The molecule has 3 N–H and O–H groups in total. The van der Waals surface area contributed by atoms with E-state index < -0.39 is 4.92 Å². The molecule has 0 amide bonds. The molecule has 0 saturated carbocycles. The lowest BCUT2D eigenvalue weighted by Gasteiger charge is -2.29. The highest BCUT2D eigenvalue weighted by Gasteiger charge is 2.24. The second-order valence-electron chi connectivity index (χ2n) is 4.12. The molecule has 0 aromatic heterocycles. The van der Waals surface area contributed by atoms with Gasteiger partial charge in [0.2, 0.25) is 0 Å². The Morgan fingerprint density at radius 1 is 1.50 bits per heavy atom. The van der Waals surface area contributed by atoms with Crippen molar-refractivity contribution in [2.75, 3.05) is 16.9 Å². The number of para-hydroxylation sites is 1. The maximum Gasteiger partial charge on any atom is 0.316 e. The van der Waals surface area contributed by atoms with E-state index in [1.807, 2.05) is 11.8 Å². The number of nitrogens with one attached hydrogen (secondary N) is 1. The standard InChI is InChI=1S/C12H20N4O2/c1-4-9(3)15(5-2)11-8-6-7-10(14-13)12(11)16(17)18/h6-9,14H,4-5,13H2,1-3H3. The van der Waals surface area contributed by atoms with Crippen LogP contribution in [0, 0.1) is 10.1 Å². The molecule has 6 nitrogen and oxygen atoms in total. The van der Waals surface area contributed by atoms with Gasteiger partial charge in [-0.3, -0.25) is 16.0 Å². The van der Waals surface area contributed by atoms with Gasteiger partial charge in [-0.25, -0.2) is 0 Å². The molecule has 0 aliphatic carbocycles. The van der Waals surface area contributed by atoms with Crippen LogP contribution in [0.2, 0.25) is 0 Å². The Labute approximate surface area is 107 Å². The smallest absolute Gasteiger partial charge is 0.316 e. The maximum absolute atomic E-state index is 11.2. The number of hydrazine groups is 1. The van der Waals surface area contributed by atoms with E-state index in [0.29, 0.717) is 17.9 Å². The summed E-state index contributed by atoms with van der Waals surface area (Å²) < 4.78 is 0. The number of rotatable bonds is 6. The molecule has 1 aromatic carbocycles. The van der Waals surface area contributed by atoms with Crippen molar-refractivity contribution >= 4 is 17.1 Å². The lowest BCUT2D eigenvalue weighted by molar-refractivity contribution is -0.383. The molecule has 0 radical (unpaired) electrons. The topological polar surface area (TPSA) is 84.4 Å². The van der Waals surface area contributed by atoms with E-state index in [4.69, 9.17) is 5.84 Å². The van der Waals surface area contributed by atoms with Gasteiger partial charge in [0.05, 0.1) is 4.92 Å². The summed E-state index contributed by atoms with van der Waals surface area (Å²) >= 11 is 0. The fourth-order valence-electron chi connectivity index (χ4n) is 2.01. The summed E-state index contributed by atoms with van der Waals surface area (Å²) in [4.78, 5) is 12.8. The third-order valence-electron chi connectivity index (χ3n) is 3.13. The number of hydrogen-bond donors (Lipinski definition) is 2. The summed E-state index contributed by atoms with van der Waals surface area (Å²) in [6, 6.07) is 5.37. The minimum atomic E-state index is -0.393. The van der Waals surface area contributed by atoms with Crippen molar-refractivity contribution in [3.63, 3.8) is 0 Å². The number of nitrogen functional groups attached to an aromatic ring is 1. The fourth-order valence-corrected chi connectivity index (χ4v) is 2.01. The molecule has 0 spiro atoms. The van der Waals surface area contributed by atoms with Gasteiger partial charge in [-0.15, -0.1) is 0 Å². The van der Waals surface area contributed by atoms with Crippen molar-refractivity contribution < 1.29 is 4.92 Å². The summed E-state index contributed by atoms with van der Waals surface area (Å²) in [5, 5.41) is 11.2. The Balaban J connectivity index is 3.33. The molecule has 1 rings (SSSR count). The summed E-state index contributed by atoms with van der Waals surface area (Å²) in [5.74, 6) is 5.33.